The molecule has 0 unspecified atom stereocenters. The van der Waals surface area contributed by atoms with Crippen LogP contribution in [0.15, 0.2) is 42.5 Å². The summed E-state index contributed by atoms with van der Waals surface area (Å²) < 4.78 is 15.3. The van der Waals surface area contributed by atoms with Crippen LogP contribution in [0.3, 0.4) is 0 Å². The van der Waals surface area contributed by atoms with Crippen molar-refractivity contribution in [3.05, 3.63) is 53.1 Å². The van der Waals surface area contributed by atoms with Crippen LogP contribution in [0.4, 0.5) is 5.69 Å². The van der Waals surface area contributed by atoms with E-state index in [1.54, 1.807) is 36.4 Å². The molecule has 0 radical (unpaired) electrons. The second kappa shape index (κ2) is 6.58. The number of hydrogen-bond acceptors (Lipinski definition) is 5. The van der Waals surface area contributed by atoms with Crippen molar-refractivity contribution in [1.29, 1.82) is 0 Å². The summed E-state index contributed by atoms with van der Waals surface area (Å²) in [5.74, 6) is -0.0669. The van der Waals surface area contributed by atoms with Gasteiger partial charge in [0.05, 0.1) is 16.3 Å². The molecule has 2 aromatic rings. The van der Waals surface area contributed by atoms with Crippen LogP contribution in [-0.4, -0.2) is 25.3 Å². The van der Waals surface area contributed by atoms with Crippen molar-refractivity contribution in [2.24, 2.45) is 0 Å². The highest BCUT2D eigenvalue weighted by Crippen LogP contribution is 2.32. The number of amides is 1. The van der Waals surface area contributed by atoms with Crippen molar-refractivity contribution < 1.29 is 23.8 Å². The van der Waals surface area contributed by atoms with E-state index in [1.807, 2.05) is 0 Å². The third-order valence-corrected chi connectivity index (χ3v) is 3.42. The maximum Gasteiger partial charge on any atom is 0.338 e. The molecule has 118 valence electrons. The summed E-state index contributed by atoms with van der Waals surface area (Å²) in [6, 6.07) is 11.5. The number of ether oxygens (including phenoxy) is 3. The van der Waals surface area contributed by atoms with Gasteiger partial charge in [-0.3, -0.25) is 4.79 Å². The van der Waals surface area contributed by atoms with Gasteiger partial charge in [0.15, 0.2) is 18.1 Å². The molecule has 1 heterocycles. The van der Waals surface area contributed by atoms with Crippen molar-refractivity contribution in [3.8, 4) is 11.5 Å². The smallest absolute Gasteiger partial charge is 0.338 e. The Morgan fingerprint density at radius 3 is 2.74 bits per heavy atom. The maximum atomic E-state index is 11.9. The molecule has 0 spiro atoms. The summed E-state index contributed by atoms with van der Waals surface area (Å²) in [4.78, 5) is 23.7. The van der Waals surface area contributed by atoms with Crippen LogP contribution in [0.2, 0.25) is 5.02 Å². The monoisotopic (exact) mass is 333 g/mol. The summed E-state index contributed by atoms with van der Waals surface area (Å²) in [5, 5.41) is 2.97. The van der Waals surface area contributed by atoms with E-state index in [1.165, 1.54) is 6.07 Å². The van der Waals surface area contributed by atoms with E-state index in [0.29, 0.717) is 22.2 Å². The second-order valence-corrected chi connectivity index (χ2v) is 5.08. The number of carbonyl (C=O) groups excluding carboxylic acids is 2. The number of benzene rings is 2. The molecule has 0 aliphatic carbocycles. The molecule has 0 atom stereocenters. The van der Waals surface area contributed by atoms with E-state index in [0.717, 1.165) is 0 Å². The Morgan fingerprint density at radius 2 is 1.91 bits per heavy atom. The molecule has 0 fully saturated rings. The van der Waals surface area contributed by atoms with Crippen LogP contribution < -0.4 is 14.8 Å². The Bertz CT molecular complexity index is 762. The fourth-order valence-corrected chi connectivity index (χ4v) is 2.17. The SMILES string of the molecule is O=C(COC(=O)c1ccc2c(c1)OCO2)Nc1ccccc1Cl. The average molecular weight is 334 g/mol. The van der Waals surface area contributed by atoms with Crippen LogP contribution in [0.1, 0.15) is 10.4 Å². The molecule has 1 N–H and O–H groups in total. The van der Waals surface area contributed by atoms with Crippen molar-refractivity contribution in [1.82, 2.24) is 0 Å². The Labute approximate surface area is 136 Å². The number of para-hydroxylation sites is 1. The highest BCUT2D eigenvalue weighted by atomic mass is 35.5. The molecular formula is C16H12ClNO5. The third kappa shape index (κ3) is 3.54. The van der Waals surface area contributed by atoms with E-state index in [-0.39, 0.29) is 12.4 Å². The Kier molecular flexibility index (Phi) is 4.34. The van der Waals surface area contributed by atoms with E-state index in [4.69, 9.17) is 25.8 Å². The van der Waals surface area contributed by atoms with Crippen LogP contribution in [0, 0.1) is 0 Å². The summed E-state index contributed by atoms with van der Waals surface area (Å²) in [5.41, 5.74) is 0.734. The third-order valence-electron chi connectivity index (χ3n) is 3.09. The lowest BCUT2D eigenvalue weighted by Crippen LogP contribution is -2.21. The molecule has 6 nitrogen and oxygen atoms in total. The van der Waals surface area contributed by atoms with Gasteiger partial charge in [-0.15, -0.1) is 0 Å². The molecule has 0 aromatic heterocycles. The lowest BCUT2D eigenvalue weighted by Gasteiger charge is -2.08. The molecule has 1 amide bonds. The van der Waals surface area contributed by atoms with Crippen molar-refractivity contribution in [2.75, 3.05) is 18.7 Å². The largest absolute Gasteiger partial charge is 0.454 e. The van der Waals surface area contributed by atoms with E-state index in [9.17, 15) is 9.59 Å². The van der Waals surface area contributed by atoms with Gasteiger partial charge in [0, 0.05) is 0 Å². The Morgan fingerprint density at radius 1 is 1.13 bits per heavy atom. The van der Waals surface area contributed by atoms with Gasteiger partial charge >= 0.3 is 5.97 Å². The minimum Gasteiger partial charge on any atom is -0.454 e. The Hall–Kier alpha value is -2.73. The van der Waals surface area contributed by atoms with Crippen LogP contribution in [0.25, 0.3) is 0 Å². The van der Waals surface area contributed by atoms with Gasteiger partial charge in [-0.1, -0.05) is 23.7 Å². The van der Waals surface area contributed by atoms with E-state index < -0.39 is 18.5 Å². The molecular weight excluding hydrogens is 322 g/mol. The standard InChI is InChI=1S/C16H12ClNO5/c17-11-3-1-2-4-12(11)18-15(19)8-21-16(20)10-5-6-13-14(7-10)23-9-22-13/h1-7H,8-9H2,(H,18,19). The summed E-state index contributed by atoms with van der Waals surface area (Å²) in [6.07, 6.45) is 0. The molecule has 1 aliphatic rings. The average Bonchev–Trinajstić information content (AvgIpc) is 3.02. The minimum absolute atomic E-state index is 0.119. The molecule has 2 aromatic carbocycles. The number of carbonyl (C=O) groups is 2. The fraction of sp³-hybridized carbons (Fsp3) is 0.125. The first-order valence-electron chi connectivity index (χ1n) is 6.74. The van der Waals surface area contributed by atoms with Gasteiger partial charge < -0.3 is 19.5 Å². The zero-order valence-corrected chi connectivity index (χ0v) is 12.6. The number of nitrogens with one attached hydrogen (secondary N) is 1. The van der Waals surface area contributed by atoms with Crippen LogP contribution in [0.5, 0.6) is 11.5 Å². The molecule has 3 rings (SSSR count). The number of fused-ring (bicyclic) bond motifs is 1. The highest BCUT2D eigenvalue weighted by Gasteiger charge is 2.17. The van der Waals surface area contributed by atoms with Crippen molar-refractivity contribution >= 4 is 29.2 Å². The van der Waals surface area contributed by atoms with Gasteiger partial charge in [-0.05, 0) is 30.3 Å². The van der Waals surface area contributed by atoms with Gasteiger partial charge in [0.2, 0.25) is 6.79 Å². The van der Waals surface area contributed by atoms with Gasteiger partial charge in [0.25, 0.3) is 5.91 Å². The topological polar surface area (TPSA) is 73.9 Å². The summed E-state index contributed by atoms with van der Waals surface area (Å²) >= 11 is 5.93. The first kappa shape index (κ1) is 15.2. The summed E-state index contributed by atoms with van der Waals surface area (Å²) in [7, 11) is 0. The second-order valence-electron chi connectivity index (χ2n) is 4.67. The number of esters is 1. The minimum atomic E-state index is -0.627. The zero-order chi connectivity index (χ0) is 16.2. The fourth-order valence-electron chi connectivity index (χ4n) is 1.99. The number of hydrogen-bond donors (Lipinski definition) is 1. The van der Waals surface area contributed by atoms with Crippen LogP contribution in [-0.2, 0) is 9.53 Å². The van der Waals surface area contributed by atoms with Gasteiger partial charge in [-0.2, -0.15) is 0 Å². The zero-order valence-electron chi connectivity index (χ0n) is 11.9. The number of rotatable bonds is 4. The quantitative estimate of drug-likeness (QED) is 0.871. The molecule has 0 saturated heterocycles. The van der Waals surface area contributed by atoms with Gasteiger partial charge in [-0.25, -0.2) is 4.79 Å². The molecule has 1 aliphatic heterocycles. The number of anilines is 1. The highest BCUT2D eigenvalue weighted by molar-refractivity contribution is 6.33. The first-order chi connectivity index (χ1) is 11.1. The van der Waals surface area contributed by atoms with Gasteiger partial charge in [0.1, 0.15) is 0 Å². The molecule has 0 bridgehead atoms. The lowest BCUT2D eigenvalue weighted by atomic mass is 10.2. The van der Waals surface area contributed by atoms with E-state index >= 15 is 0 Å². The van der Waals surface area contributed by atoms with Crippen LogP contribution >= 0.6 is 11.6 Å². The molecule has 0 saturated carbocycles. The molecule has 23 heavy (non-hydrogen) atoms. The number of halogens is 1. The van der Waals surface area contributed by atoms with Crippen molar-refractivity contribution in [3.63, 3.8) is 0 Å². The maximum absolute atomic E-state index is 11.9. The summed E-state index contributed by atoms with van der Waals surface area (Å²) in [6.45, 7) is -0.299. The molecule has 7 heteroatoms. The Balaban J connectivity index is 1.56. The normalized spacial score (nSPS) is 11.9. The predicted molar refractivity (Wildman–Crippen MR) is 82.9 cm³/mol. The van der Waals surface area contributed by atoms with E-state index in [2.05, 4.69) is 5.32 Å². The lowest BCUT2D eigenvalue weighted by molar-refractivity contribution is -0.119. The van der Waals surface area contributed by atoms with Crippen molar-refractivity contribution in [2.45, 2.75) is 0 Å². The first-order valence-corrected chi connectivity index (χ1v) is 7.12. The predicted octanol–water partition coefficient (Wildman–Crippen LogP) is 2.86.